The van der Waals surface area contributed by atoms with Crippen molar-refractivity contribution >= 4 is 25.7 Å². The minimum atomic E-state index is -1.71. The normalized spacial score (nSPS) is 19.8. The number of amides is 2. The number of rotatable bonds is 6. The molecular formula is C24H34N4O3Si. The van der Waals surface area contributed by atoms with Gasteiger partial charge in [0.25, 0.3) is 0 Å². The van der Waals surface area contributed by atoms with Crippen molar-refractivity contribution < 1.29 is 14.7 Å². The lowest BCUT2D eigenvalue weighted by molar-refractivity contribution is -0.139. The van der Waals surface area contributed by atoms with E-state index >= 15 is 0 Å². The van der Waals surface area contributed by atoms with Crippen molar-refractivity contribution in [3.8, 4) is 0 Å². The Morgan fingerprint density at radius 3 is 2.41 bits per heavy atom. The summed E-state index contributed by atoms with van der Waals surface area (Å²) in [6, 6.07) is 9.36. The third kappa shape index (κ3) is 3.40. The molecule has 3 N–H and O–H groups in total. The van der Waals surface area contributed by atoms with E-state index in [4.69, 9.17) is 0 Å². The molecule has 8 heteroatoms. The summed E-state index contributed by atoms with van der Waals surface area (Å²) < 4.78 is 0. The molecule has 0 saturated heterocycles. The van der Waals surface area contributed by atoms with Crippen LogP contribution in [0.2, 0.25) is 24.7 Å². The number of nitrogens with one attached hydrogen (secondary N) is 2. The van der Waals surface area contributed by atoms with E-state index in [0.717, 1.165) is 36.1 Å². The molecule has 2 aliphatic rings. The molecule has 2 amide bonds. The maximum Gasteiger partial charge on any atom is 0.233 e. The van der Waals surface area contributed by atoms with Gasteiger partial charge in [-0.15, -0.1) is 0 Å². The number of aromatic amines is 1. The van der Waals surface area contributed by atoms with E-state index < -0.39 is 19.5 Å². The molecule has 7 nitrogen and oxygen atoms in total. The van der Waals surface area contributed by atoms with Gasteiger partial charge >= 0.3 is 0 Å². The number of aliphatic hydroxyl groups is 1. The quantitative estimate of drug-likeness (QED) is 0.575. The molecule has 32 heavy (non-hydrogen) atoms. The monoisotopic (exact) mass is 454 g/mol. The van der Waals surface area contributed by atoms with Crippen LogP contribution in [-0.2, 0) is 21.7 Å². The van der Waals surface area contributed by atoms with Crippen molar-refractivity contribution in [2.45, 2.75) is 75.8 Å². The lowest BCUT2D eigenvalue weighted by atomic mass is 9.83. The third-order valence-electron chi connectivity index (χ3n) is 7.73. The minimum absolute atomic E-state index is 0.0670. The van der Waals surface area contributed by atoms with Crippen molar-refractivity contribution in [2.24, 2.45) is 0 Å². The molecule has 2 heterocycles. The van der Waals surface area contributed by atoms with Crippen LogP contribution in [0.1, 0.15) is 55.8 Å². The van der Waals surface area contributed by atoms with Crippen molar-refractivity contribution in [1.82, 2.24) is 15.1 Å². The van der Waals surface area contributed by atoms with Gasteiger partial charge in [0, 0.05) is 10.6 Å². The molecule has 0 spiro atoms. The zero-order chi connectivity index (χ0) is 23.3. The van der Waals surface area contributed by atoms with Crippen molar-refractivity contribution in [2.75, 3.05) is 11.9 Å². The fourth-order valence-corrected chi connectivity index (χ4v) is 7.84. The van der Waals surface area contributed by atoms with Crippen LogP contribution in [0.15, 0.2) is 30.3 Å². The number of H-pyrrole nitrogens is 1. The van der Waals surface area contributed by atoms with Gasteiger partial charge < -0.3 is 15.3 Å². The van der Waals surface area contributed by atoms with Crippen LogP contribution in [0.5, 0.6) is 0 Å². The van der Waals surface area contributed by atoms with Crippen LogP contribution in [0.3, 0.4) is 0 Å². The van der Waals surface area contributed by atoms with Gasteiger partial charge in [-0.3, -0.25) is 14.7 Å². The molecule has 0 unspecified atom stereocenters. The van der Waals surface area contributed by atoms with Gasteiger partial charge in [0.05, 0.1) is 38.4 Å². The molecule has 1 aliphatic carbocycles. The Balaban J connectivity index is 1.59. The van der Waals surface area contributed by atoms with E-state index in [1.807, 2.05) is 44.2 Å². The Morgan fingerprint density at radius 1 is 1.22 bits per heavy atom. The van der Waals surface area contributed by atoms with Gasteiger partial charge in [-0.1, -0.05) is 56.4 Å². The summed E-state index contributed by atoms with van der Waals surface area (Å²) in [7, 11) is -1.71. The molecule has 1 saturated carbocycles. The summed E-state index contributed by atoms with van der Waals surface area (Å²) in [5.41, 5.74) is 1.85. The highest BCUT2D eigenvalue weighted by molar-refractivity contribution is 6.83. The number of carbonyl (C=O) groups excluding carboxylic acids is 2. The number of hydrogen-bond acceptors (Lipinski definition) is 4. The van der Waals surface area contributed by atoms with E-state index in [1.165, 1.54) is 0 Å². The van der Waals surface area contributed by atoms with E-state index in [1.54, 1.807) is 4.90 Å². The van der Waals surface area contributed by atoms with Crippen molar-refractivity contribution in [3.05, 3.63) is 47.2 Å². The molecule has 1 aromatic heterocycles. The van der Waals surface area contributed by atoms with Gasteiger partial charge in [0.2, 0.25) is 11.8 Å². The number of aliphatic hydroxyl groups excluding tert-OH is 1. The molecule has 0 bridgehead atoms. The highest BCUT2D eigenvalue weighted by Crippen LogP contribution is 2.56. The molecule has 1 atom stereocenters. The number of fused-ring (bicyclic) bond motifs is 1. The first-order chi connectivity index (χ1) is 15.0. The van der Waals surface area contributed by atoms with Crippen molar-refractivity contribution in [1.29, 1.82) is 0 Å². The van der Waals surface area contributed by atoms with E-state index in [9.17, 15) is 14.7 Å². The van der Waals surface area contributed by atoms with Crippen molar-refractivity contribution in [3.63, 3.8) is 0 Å². The predicted octanol–water partition coefficient (Wildman–Crippen LogP) is 3.96. The first kappa shape index (κ1) is 22.7. The minimum Gasteiger partial charge on any atom is -0.395 e. The highest BCUT2D eigenvalue weighted by Gasteiger charge is 2.54. The molecule has 0 radical (unpaired) electrons. The van der Waals surface area contributed by atoms with Gasteiger partial charge in [-0.25, -0.2) is 0 Å². The summed E-state index contributed by atoms with van der Waals surface area (Å²) in [5.74, 6) is -0.172. The number of benzene rings is 1. The highest BCUT2D eigenvalue weighted by atomic mass is 28.3. The summed E-state index contributed by atoms with van der Waals surface area (Å²) in [6.45, 7) is 10.8. The molecular weight excluding hydrogens is 420 g/mol. The number of anilines is 1. The predicted molar refractivity (Wildman–Crippen MR) is 127 cm³/mol. The fraction of sp³-hybridized carbons (Fsp3) is 0.542. The molecule has 1 fully saturated rings. The Labute approximate surface area is 190 Å². The van der Waals surface area contributed by atoms with Crippen LogP contribution in [0.25, 0.3) is 0 Å². The summed E-state index contributed by atoms with van der Waals surface area (Å²) in [5, 5.41) is 20.4. The summed E-state index contributed by atoms with van der Waals surface area (Å²) >= 11 is 0. The number of aromatic nitrogens is 2. The number of nitrogens with zero attached hydrogens (tertiary/aromatic N) is 2. The number of carbonyl (C=O) groups is 2. The van der Waals surface area contributed by atoms with E-state index in [0.29, 0.717) is 12.4 Å². The third-order valence-corrected chi connectivity index (χ3v) is 11.3. The smallest absolute Gasteiger partial charge is 0.233 e. The first-order valence-corrected chi connectivity index (χ1v) is 14.9. The second-order valence-corrected chi connectivity index (χ2v) is 16.2. The molecule has 172 valence electrons. The average Bonchev–Trinajstić information content (AvgIpc) is 3.19. The lowest BCUT2D eigenvalue weighted by Crippen LogP contribution is -2.52. The fourth-order valence-electron chi connectivity index (χ4n) is 5.25. The Kier molecular flexibility index (Phi) is 5.57. The zero-order valence-electron chi connectivity index (χ0n) is 19.7. The lowest BCUT2D eigenvalue weighted by Gasteiger charge is -2.48. The van der Waals surface area contributed by atoms with Gasteiger partial charge in [-0.2, -0.15) is 5.10 Å². The van der Waals surface area contributed by atoms with Gasteiger partial charge in [-0.05, 0) is 32.3 Å². The topological polar surface area (TPSA) is 98.3 Å². The summed E-state index contributed by atoms with van der Waals surface area (Å²) in [6.07, 6.45) is 2.97. The van der Waals surface area contributed by atoms with Crippen LogP contribution in [-0.4, -0.2) is 46.7 Å². The van der Waals surface area contributed by atoms with E-state index in [-0.39, 0.29) is 23.5 Å². The average molecular weight is 455 g/mol. The molecule has 2 aromatic rings. The molecule has 1 aromatic carbocycles. The first-order valence-electron chi connectivity index (χ1n) is 11.4. The number of hydrogen-bond donors (Lipinski definition) is 3. The Bertz CT molecular complexity index is 1020. The maximum absolute atomic E-state index is 13.5. The molecule has 1 aliphatic heterocycles. The van der Waals surface area contributed by atoms with Crippen LogP contribution in [0.4, 0.5) is 5.82 Å². The second-order valence-electron chi connectivity index (χ2n) is 10.7. The van der Waals surface area contributed by atoms with Crippen LogP contribution in [0, 0.1) is 0 Å². The summed E-state index contributed by atoms with van der Waals surface area (Å²) in [4.78, 5) is 28.6. The zero-order valence-corrected chi connectivity index (χ0v) is 20.7. The van der Waals surface area contributed by atoms with Gasteiger partial charge in [0.1, 0.15) is 0 Å². The maximum atomic E-state index is 13.5. The van der Waals surface area contributed by atoms with Gasteiger partial charge in [0.15, 0.2) is 5.82 Å². The SMILES string of the molecule is CC1(C)c2[nH]nc(NC(=O)C3([Si](C)(C)C)CCC3)c2CN1C(=O)[C@@H](CO)c1ccccc1. The van der Waals surface area contributed by atoms with Crippen LogP contribution < -0.4 is 5.32 Å². The Hall–Kier alpha value is -2.45. The van der Waals surface area contributed by atoms with Crippen LogP contribution >= 0.6 is 0 Å². The second kappa shape index (κ2) is 7.85. The largest absolute Gasteiger partial charge is 0.395 e. The van der Waals surface area contributed by atoms with E-state index in [2.05, 4.69) is 35.2 Å². The molecule has 4 rings (SSSR count). The standard InChI is InChI=1S/C24H34N4O3Si/c1-23(2)19-17(14-28(23)21(30)18(15-29)16-10-7-6-8-11-16)20(27-26-19)25-22(31)24(12-9-13-24)32(3,4)5/h6-8,10-11,18,29H,9,12-15H2,1-5H3,(H2,25,26,27,31)/t18-/m0/s1. The Morgan fingerprint density at radius 2 is 1.88 bits per heavy atom.